The van der Waals surface area contributed by atoms with Crippen LogP contribution in [-0.2, 0) is 11.2 Å². The molecule has 0 spiro atoms. The number of carbonyl (C=O) groups is 2. The number of nitrogens with two attached hydrogens (primary N) is 1. The third-order valence-electron chi connectivity index (χ3n) is 4.49. The Kier molecular flexibility index (Phi) is 5.19. The van der Waals surface area contributed by atoms with Crippen molar-refractivity contribution in [2.45, 2.75) is 26.6 Å². The molecular weight excluding hydrogens is 403 g/mol. The second-order valence-electron chi connectivity index (χ2n) is 7.35. The molecule has 0 bridgehead atoms. The fourth-order valence-corrected chi connectivity index (χ4v) is 3.02. The number of halogens is 3. The largest absolute Gasteiger partial charge is 0.573 e. The first-order valence-corrected chi connectivity index (χ1v) is 8.78. The second-order valence-corrected chi connectivity index (χ2v) is 7.35. The van der Waals surface area contributed by atoms with Crippen molar-refractivity contribution in [1.82, 2.24) is 9.55 Å². The summed E-state index contributed by atoms with van der Waals surface area (Å²) in [6, 6.07) is 9.85. The first-order valence-electron chi connectivity index (χ1n) is 8.78. The van der Waals surface area contributed by atoms with Crippen LogP contribution >= 0.6 is 0 Å². The van der Waals surface area contributed by atoms with Gasteiger partial charge in [0, 0.05) is 23.6 Å². The van der Waals surface area contributed by atoms with E-state index in [1.54, 1.807) is 32.0 Å². The van der Waals surface area contributed by atoms with Gasteiger partial charge in [-0.3, -0.25) is 14.2 Å². The summed E-state index contributed by atoms with van der Waals surface area (Å²) >= 11 is 0. The number of aromatic nitrogens is 2. The number of fused-ring (bicyclic) bond motifs is 1. The number of ether oxygens (including phenoxy) is 1. The average Bonchev–Trinajstić information content (AvgIpc) is 2.99. The van der Waals surface area contributed by atoms with Crippen LogP contribution in [0.2, 0.25) is 0 Å². The van der Waals surface area contributed by atoms with Gasteiger partial charge >= 0.3 is 12.3 Å². The Morgan fingerprint density at radius 1 is 1.17 bits per heavy atom. The van der Waals surface area contributed by atoms with E-state index in [-0.39, 0.29) is 23.4 Å². The molecule has 0 saturated heterocycles. The van der Waals surface area contributed by atoms with E-state index < -0.39 is 29.4 Å². The standard InChI is InChI=1S/C20H18F3N3O4/c1-19(2,18(28)29)10-12-4-3-5-16(25-12)26-14-9-13(30-20(21,22)23)7-6-11(14)8-15(26)17(24)27/h3-9H,10H2,1-2H3,(H2,24,27)(H,28,29). The number of carboxylic acids is 1. The molecule has 0 saturated carbocycles. The number of aliphatic carboxylic acids is 1. The maximum absolute atomic E-state index is 12.6. The quantitative estimate of drug-likeness (QED) is 0.631. The average molecular weight is 421 g/mol. The molecule has 0 radical (unpaired) electrons. The number of primary amides is 1. The summed E-state index contributed by atoms with van der Waals surface area (Å²) in [5.41, 5.74) is 5.04. The van der Waals surface area contributed by atoms with Crippen molar-refractivity contribution in [1.29, 1.82) is 0 Å². The Balaban J connectivity index is 2.15. The smallest absolute Gasteiger partial charge is 0.481 e. The molecule has 0 aliphatic carbocycles. The summed E-state index contributed by atoms with van der Waals surface area (Å²) in [7, 11) is 0. The van der Waals surface area contributed by atoms with Gasteiger partial charge in [-0.1, -0.05) is 6.07 Å². The molecule has 1 amide bonds. The number of rotatable bonds is 6. The SMILES string of the molecule is CC(C)(Cc1cccc(-n2c(C(N)=O)cc3ccc(OC(F)(F)F)cc32)n1)C(=O)O. The minimum absolute atomic E-state index is 0.0105. The lowest BCUT2D eigenvalue weighted by Gasteiger charge is -2.19. The highest BCUT2D eigenvalue weighted by Gasteiger charge is 2.31. The molecule has 7 nitrogen and oxygen atoms in total. The van der Waals surface area contributed by atoms with E-state index in [1.807, 2.05) is 0 Å². The van der Waals surface area contributed by atoms with Crippen LogP contribution in [0.1, 0.15) is 30.0 Å². The third kappa shape index (κ3) is 4.37. The predicted molar refractivity (Wildman–Crippen MR) is 101 cm³/mol. The molecule has 1 aromatic carbocycles. The van der Waals surface area contributed by atoms with Crippen molar-refractivity contribution in [2.75, 3.05) is 0 Å². The molecule has 3 rings (SSSR count). The molecule has 10 heteroatoms. The number of pyridine rings is 1. The molecule has 0 aliphatic heterocycles. The van der Waals surface area contributed by atoms with E-state index in [0.717, 1.165) is 12.1 Å². The van der Waals surface area contributed by atoms with Crippen LogP contribution < -0.4 is 10.5 Å². The first kappa shape index (κ1) is 21.2. The minimum atomic E-state index is -4.88. The number of nitrogens with zero attached hydrogens (tertiary/aromatic N) is 2. The fraction of sp³-hybridized carbons (Fsp3) is 0.250. The summed E-state index contributed by atoms with van der Waals surface area (Å²) in [5.74, 6) is -2.06. The van der Waals surface area contributed by atoms with E-state index in [4.69, 9.17) is 5.73 Å². The molecule has 0 atom stereocenters. The molecule has 0 unspecified atom stereocenters. The number of benzene rings is 1. The summed E-state index contributed by atoms with van der Waals surface area (Å²) < 4.78 is 43.1. The van der Waals surface area contributed by atoms with E-state index in [0.29, 0.717) is 11.1 Å². The molecule has 2 aromatic heterocycles. The van der Waals surface area contributed by atoms with Crippen LogP contribution in [0, 0.1) is 5.41 Å². The fourth-order valence-electron chi connectivity index (χ4n) is 3.02. The van der Waals surface area contributed by atoms with Gasteiger partial charge in [0.2, 0.25) is 0 Å². The molecular formula is C20H18F3N3O4. The van der Waals surface area contributed by atoms with Crippen molar-refractivity contribution in [3.8, 4) is 11.6 Å². The van der Waals surface area contributed by atoms with Crippen LogP contribution in [0.15, 0.2) is 42.5 Å². The van der Waals surface area contributed by atoms with Crippen molar-refractivity contribution in [3.05, 3.63) is 53.9 Å². The highest BCUT2D eigenvalue weighted by Crippen LogP contribution is 2.30. The predicted octanol–water partition coefficient (Wildman–Crippen LogP) is 3.68. The number of carbonyl (C=O) groups excluding carboxylic acids is 1. The van der Waals surface area contributed by atoms with Crippen LogP contribution in [0.5, 0.6) is 5.75 Å². The molecule has 158 valence electrons. The van der Waals surface area contributed by atoms with Gasteiger partial charge in [0.25, 0.3) is 5.91 Å². The van der Waals surface area contributed by atoms with Gasteiger partial charge in [-0.15, -0.1) is 13.2 Å². The first-order chi connectivity index (χ1) is 13.9. The van der Waals surface area contributed by atoms with Crippen molar-refractivity contribution in [2.24, 2.45) is 11.1 Å². The van der Waals surface area contributed by atoms with Gasteiger partial charge in [-0.25, -0.2) is 4.98 Å². The maximum atomic E-state index is 12.6. The van der Waals surface area contributed by atoms with Crippen LogP contribution in [0.4, 0.5) is 13.2 Å². The lowest BCUT2D eigenvalue weighted by molar-refractivity contribution is -0.274. The Morgan fingerprint density at radius 2 is 1.87 bits per heavy atom. The van der Waals surface area contributed by atoms with Crippen LogP contribution in [-0.4, -0.2) is 32.9 Å². The maximum Gasteiger partial charge on any atom is 0.573 e. The summed E-state index contributed by atoms with van der Waals surface area (Å²) in [6.45, 7) is 3.09. The lowest BCUT2D eigenvalue weighted by Crippen LogP contribution is -2.26. The van der Waals surface area contributed by atoms with Gasteiger partial charge in [0.15, 0.2) is 0 Å². The van der Waals surface area contributed by atoms with Crippen molar-refractivity contribution in [3.63, 3.8) is 0 Å². The van der Waals surface area contributed by atoms with Crippen LogP contribution in [0.3, 0.4) is 0 Å². The topological polar surface area (TPSA) is 107 Å². The van der Waals surface area contributed by atoms with Gasteiger partial charge in [-0.05, 0) is 44.2 Å². The molecule has 30 heavy (non-hydrogen) atoms. The van der Waals surface area contributed by atoms with E-state index in [9.17, 15) is 27.9 Å². The van der Waals surface area contributed by atoms with Crippen molar-refractivity contribution < 1.29 is 32.6 Å². The van der Waals surface area contributed by atoms with E-state index >= 15 is 0 Å². The highest BCUT2D eigenvalue weighted by molar-refractivity contribution is 5.99. The number of hydrogen-bond acceptors (Lipinski definition) is 4. The molecule has 0 fully saturated rings. The zero-order valence-electron chi connectivity index (χ0n) is 16.0. The number of hydrogen-bond donors (Lipinski definition) is 2. The molecule has 2 heterocycles. The number of amides is 1. The van der Waals surface area contributed by atoms with Gasteiger partial charge in [0.1, 0.15) is 17.3 Å². The van der Waals surface area contributed by atoms with Crippen LogP contribution in [0.25, 0.3) is 16.7 Å². The minimum Gasteiger partial charge on any atom is -0.481 e. The van der Waals surface area contributed by atoms with Gasteiger partial charge < -0.3 is 15.6 Å². The van der Waals surface area contributed by atoms with E-state index in [1.165, 1.54) is 16.7 Å². The third-order valence-corrected chi connectivity index (χ3v) is 4.49. The van der Waals surface area contributed by atoms with Gasteiger partial charge in [0.05, 0.1) is 10.9 Å². The van der Waals surface area contributed by atoms with Gasteiger partial charge in [-0.2, -0.15) is 0 Å². The van der Waals surface area contributed by atoms with E-state index in [2.05, 4.69) is 9.72 Å². The monoisotopic (exact) mass is 421 g/mol. The zero-order valence-corrected chi connectivity index (χ0v) is 16.0. The lowest BCUT2D eigenvalue weighted by atomic mass is 9.88. The van der Waals surface area contributed by atoms with Crippen molar-refractivity contribution >= 4 is 22.8 Å². The molecule has 3 aromatic rings. The number of carboxylic acid groups (broad SMARTS) is 1. The zero-order chi connectivity index (χ0) is 22.3. The molecule has 0 aliphatic rings. The number of alkyl halides is 3. The Bertz CT molecular complexity index is 1140. The normalized spacial score (nSPS) is 12.2. The Morgan fingerprint density at radius 3 is 2.47 bits per heavy atom. The highest BCUT2D eigenvalue weighted by atomic mass is 19.4. The molecule has 3 N–H and O–H groups in total. The second kappa shape index (κ2) is 7.36. The summed E-state index contributed by atoms with van der Waals surface area (Å²) in [6.07, 6.45) is -4.78. The summed E-state index contributed by atoms with van der Waals surface area (Å²) in [4.78, 5) is 27.8. The Hall–Kier alpha value is -3.56. The summed E-state index contributed by atoms with van der Waals surface area (Å²) in [5, 5.41) is 9.79. The Labute approximate surface area is 168 Å².